The standard InChI is InChI=1S/C13H15N3O/c1-11-3-5-12(6-4-11)15-13(9-17-2)16-8-7-14-10-16/h3-8,10H,9H2,1-2H3. The van der Waals surface area contributed by atoms with Crippen LogP contribution in [0.4, 0.5) is 5.69 Å². The number of hydrogen-bond donors (Lipinski definition) is 0. The Balaban J connectivity index is 2.29. The maximum absolute atomic E-state index is 5.14. The van der Waals surface area contributed by atoms with E-state index in [1.54, 1.807) is 19.6 Å². The third kappa shape index (κ3) is 3.01. The molecule has 0 aliphatic carbocycles. The van der Waals surface area contributed by atoms with Crippen molar-refractivity contribution >= 4 is 11.5 Å². The van der Waals surface area contributed by atoms with Gasteiger partial charge in [0.25, 0.3) is 0 Å². The first kappa shape index (κ1) is 11.5. The van der Waals surface area contributed by atoms with Crippen LogP contribution in [0.1, 0.15) is 5.56 Å². The van der Waals surface area contributed by atoms with Crippen LogP contribution in [0.5, 0.6) is 0 Å². The number of nitrogens with zero attached hydrogens (tertiary/aromatic N) is 3. The van der Waals surface area contributed by atoms with Crippen molar-refractivity contribution in [3.05, 3.63) is 48.5 Å². The van der Waals surface area contributed by atoms with Crippen molar-refractivity contribution < 1.29 is 4.74 Å². The molecule has 0 unspecified atom stereocenters. The van der Waals surface area contributed by atoms with Crippen LogP contribution in [0.25, 0.3) is 0 Å². The molecule has 0 saturated heterocycles. The fraction of sp³-hybridized carbons (Fsp3) is 0.231. The van der Waals surface area contributed by atoms with Gasteiger partial charge in [0.1, 0.15) is 18.8 Å². The SMILES string of the molecule is COCC(=Nc1ccc(C)cc1)n1ccnc1. The van der Waals surface area contributed by atoms with E-state index in [0.29, 0.717) is 6.61 Å². The molecule has 1 aromatic heterocycles. The topological polar surface area (TPSA) is 39.4 Å². The highest BCUT2D eigenvalue weighted by molar-refractivity contribution is 5.87. The van der Waals surface area contributed by atoms with E-state index in [0.717, 1.165) is 11.5 Å². The lowest BCUT2D eigenvalue weighted by Gasteiger charge is -2.06. The van der Waals surface area contributed by atoms with Gasteiger partial charge in [0, 0.05) is 19.5 Å². The zero-order valence-electron chi connectivity index (χ0n) is 10.00. The zero-order chi connectivity index (χ0) is 12.1. The molecule has 0 bridgehead atoms. The predicted octanol–water partition coefficient (Wildman–Crippen LogP) is 2.42. The molecular formula is C13H15N3O. The minimum absolute atomic E-state index is 0.449. The Bertz CT molecular complexity index is 486. The normalized spacial score (nSPS) is 11.8. The molecule has 1 heterocycles. The molecule has 0 N–H and O–H groups in total. The van der Waals surface area contributed by atoms with Crippen molar-refractivity contribution in [3.63, 3.8) is 0 Å². The summed E-state index contributed by atoms with van der Waals surface area (Å²) in [7, 11) is 1.65. The van der Waals surface area contributed by atoms with Crippen LogP contribution in [0, 0.1) is 6.92 Å². The summed E-state index contributed by atoms with van der Waals surface area (Å²) in [6.07, 6.45) is 5.29. The van der Waals surface area contributed by atoms with Crippen LogP contribution >= 0.6 is 0 Å². The molecule has 4 heteroatoms. The number of benzene rings is 1. The Hall–Kier alpha value is -1.94. The first-order chi connectivity index (χ1) is 8.29. The lowest BCUT2D eigenvalue weighted by Crippen LogP contribution is -2.15. The number of aryl methyl sites for hydroxylation is 1. The molecule has 0 spiro atoms. The molecule has 17 heavy (non-hydrogen) atoms. The monoisotopic (exact) mass is 229 g/mol. The summed E-state index contributed by atoms with van der Waals surface area (Å²) in [5.74, 6) is 0.814. The maximum atomic E-state index is 5.14. The molecule has 4 nitrogen and oxygen atoms in total. The van der Waals surface area contributed by atoms with Crippen molar-refractivity contribution in [1.82, 2.24) is 9.55 Å². The van der Waals surface area contributed by atoms with E-state index in [-0.39, 0.29) is 0 Å². The van der Waals surface area contributed by atoms with E-state index in [1.807, 2.05) is 35.0 Å². The van der Waals surface area contributed by atoms with Gasteiger partial charge in [0.05, 0.1) is 5.69 Å². The second-order valence-corrected chi connectivity index (χ2v) is 3.77. The van der Waals surface area contributed by atoms with E-state index in [1.165, 1.54) is 5.56 Å². The van der Waals surface area contributed by atoms with Crippen LogP contribution in [0.2, 0.25) is 0 Å². The van der Waals surface area contributed by atoms with Gasteiger partial charge in [-0.05, 0) is 19.1 Å². The summed E-state index contributed by atoms with van der Waals surface area (Å²) in [6, 6.07) is 8.05. The smallest absolute Gasteiger partial charge is 0.140 e. The number of imidazole rings is 1. The highest BCUT2D eigenvalue weighted by atomic mass is 16.5. The van der Waals surface area contributed by atoms with Gasteiger partial charge in [-0.25, -0.2) is 9.98 Å². The first-order valence-electron chi connectivity index (χ1n) is 5.41. The maximum Gasteiger partial charge on any atom is 0.140 e. The molecule has 0 aliphatic rings. The third-order valence-corrected chi connectivity index (χ3v) is 2.37. The van der Waals surface area contributed by atoms with Crippen LogP contribution in [-0.2, 0) is 4.74 Å². The molecule has 0 saturated carbocycles. The van der Waals surface area contributed by atoms with Gasteiger partial charge in [-0.15, -0.1) is 0 Å². The van der Waals surface area contributed by atoms with Gasteiger partial charge in [0.2, 0.25) is 0 Å². The summed E-state index contributed by atoms with van der Waals surface area (Å²) < 4.78 is 6.99. The number of aliphatic imine (C=N–C) groups is 1. The lowest BCUT2D eigenvalue weighted by atomic mass is 10.2. The molecule has 2 rings (SSSR count). The van der Waals surface area contributed by atoms with Gasteiger partial charge in [0.15, 0.2) is 0 Å². The number of methoxy groups -OCH3 is 1. The van der Waals surface area contributed by atoms with Crippen LogP contribution < -0.4 is 0 Å². The Morgan fingerprint density at radius 1 is 1.35 bits per heavy atom. The number of ether oxygens (including phenoxy) is 1. The van der Waals surface area contributed by atoms with Gasteiger partial charge >= 0.3 is 0 Å². The molecule has 0 atom stereocenters. The predicted molar refractivity (Wildman–Crippen MR) is 67.8 cm³/mol. The average Bonchev–Trinajstić information content (AvgIpc) is 2.85. The molecular weight excluding hydrogens is 214 g/mol. The summed E-state index contributed by atoms with van der Waals surface area (Å²) in [5, 5.41) is 0. The van der Waals surface area contributed by atoms with E-state index < -0.39 is 0 Å². The molecule has 88 valence electrons. The van der Waals surface area contributed by atoms with E-state index in [9.17, 15) is 0 Å². The second kappa shape index (κ2) is 5.41. The number of hydrogen-bond acceptors (Lipinski definition) is 3. The van der Waals surface area contributed by atoms with Crippen LogP contribution in [0.3, 0.4) is 0 Å². The van der Waals surface area contributed by atoms with Crippen molar-refractivity contribution in [2.75, 3.05) is 13.7 Å². The first-order valence-corrected chi connectivity index (χ1v) is 5.41. The molecule has 1 aromatic carbocycles. The molecule has 0 amide bonds. The zero-order valence-corrected chi connectivity index (χ0v) is 10.00. The Kier molecular flexibility index (Phi) is 3.67. The van der Waals surface area contributed by atoms with Crippen LogP contribution in [-0.4, -0.2) is 29.1 Å². The molecule has 0 fully saturated rings. The van der Waals surface area contributed by atoms with Crippen molar-refractivity contribution in [2.24, 2.45) is 4.99 Å². The van der Waals surface area contributed by atoms with Crippen molar-refractivity contribution in [3.8, 4) is 0 Å². The van der Waals surface area contributed by atoms with E-state index >= 15 is 0 Å². The summed E-state index contributed by atoms with van der Waals surface area (Å²) in [6.45, 7) is 2.50. The Morgan fingerprint density at radius 2 is 2.12 bits per heavy atom. The Labute approximate surface area is 101 Å². The van der Waals surface area contributed by atoms with Gasteiger partial charge in [-0.2, -0.15) is 0 Å². The molecule has 0 radical (unpaired) electrons. The molecule has 0 aliphatic heterocycles. The van der Waals surface area contributed by atoms with Crippen molar-refractivity contribution in [1.29, 1.82) is 0 Å². The highest BCUT2D eigenvalue weighted by Gasteiger charge is 2.01. The summed E-state index contributed by atoms with van der Waals surface area (Å²) in [4.78, 5) is 8.55. The second-order valence-electron chi connectivity index (χ2n) is 3.77. The third-order valence-electron chi connectivity index (χ3n) is 2.37. The lowest BCUT2D eigenvalue weighted by molar-refractivity contribution is 0.243. The van der Waals surface area contributed by atoms with Gasteiger partial charge < -0.3 is 4.74 Å². The minimum atomic E-state index is 0.449. The number of rotatable bonds is 3. The Morgan fingerprint density at radius 3 is 2.71 bits per heavy atom. The van der Waals surface area contributed by atoms with Crippen molar-refractivity contribution in [2.45, 2.75) is 6.92 Å². The fourth-order valence-electron chi connectivity index (χ4n) is 1.47. The largest absolute Gasteiger partial charge is 0.377 e. The number of aromatic nitrogens is 2. The van der Waals surface area contributed by atoms with E-state index in [4.69, 9.17) is 4.74 Å². The van der Waals surface area contributed by atoms with E-state index in [2.05, 4.69) is 16.9 Å². The summed E-state index contributed by atoms with van der Waals surface area (Å²) in [5.41, 5.74) is 2.14. The highest BCUT2D eigenvalue weighted by Crippen LogP contribution is 2.13. The summed E-state index contributed by atoms with van der Waals surface area (Å²) >= 11 is 0. The molecule has 2 aromatic rings. The van der Waals surface area contributed by atoms with Gasteiger partial charge in [-0.1, -0.05) is 17.7 Å². The quantitative estimate of drug-likeness (QED) is 0.599. The van der Waals surface area contributed by atoms with Gasteiger partial charge in [-0.3, -0.25) is 4.57 Å². The fourth-order valence-corrected chi connectivity index (χ4v) is 1.47. The van der Waals surface area contributed by atoms with Crippen LogP contribution in [0.15, 0.2) is 48.0 Å². The minimum Gasteiger partial charge on any atom is -0.377 e. The average molecular weight is 229 g/mol.